The van der Waals surface area contributed by atoms with Crippen LogP contribution in [0.15, 0.2) is 131 Å². The Labute approximate surface area is 347 Å². The van der Waals surface area contributed by atoms with Gasteiger partial charge in [0, 0.05) is 45.7 Å². The summed E-state index contributed by atoms with van der Waals surface area (Å²) >= 11 is 0. The van der Waals surface area contributed by atoms with E-state index >= 15 is 0 Å². The maximum Gasteiger partial charge on any atom is 0.255 e. The van der Waals surface area contributed by atoms with Crippen LogP contribution in [0.3, 0.4) is 0 Å². The Morgan fingerprint density at radius 1 is 0.467 bits per heavy atom. The topological polar surface area (TPSA) is 219 Å². The molecule has 0 radical (unpaired) electrons. The molecule has 0 bridgehead atoms. The van der Waals surface area contributed by atoms with Gasteiger partial charge in [0.05, 0.1) is 9.79 Å². The summed E-state index contributed by atoms with van der Waals surface area (Å²) in [6.45, 7) is 6.80. The fourth-order valence-corrected chi connectivity index (χ4v) is 8.09. The second-order valence-corrected chi connectivity index (χ2v) is 16.7. The maximum absolute atomic E-state index is 13.2. The van der Waals surface area contributed by atoms with Gasteiger partial charge in [0.2, 0.25) is 0 Å². The van der Waals surface area contributed by atoms with Crippen molar-refractivity contribution >= 4 is 60.8 Å². The molecule has 3 amide bonds. The minimum absolute atomic E-state index is 0.0229. The third-order valence-corrected chi connectivity index (χ3v) is 11.4. The van der Waals surface area contributed by atoms with E-state index in [9.17, 15) is 45.1 Å². The van der Waals surface area contributed by atoms with Crippen LogP contribution in [0.25, 0.3) is 22.3 Å². The van der Waals surface area contributed by atoms with E-state index in [1.807, 2.05) is 0 Å². The molecule has 0 fully saturated rings. The van der Waals surface area contributed by atoms with Gasteiger partial charge in [0.1, 0.15) is 20.2 Å². The van der Waals surface area contributed by atoms with Gasteiger partial charge in [-0.2, -0.15) is 0 Å². The Bertz CT molecular complexity index is 2940. The van der Waals surface area contributed by atoms with Crippen molar-refractivity contribution in [3.63, 3.8) is 0 Å². The molecule has 0 aliphatic rings. The molecule has 0 saturated carbocycles. The third kappa shape index (κ3) is 9.73. The number of amides is 3. The van der Waals surface area contributed by atoms with E-state index in [0.29, 0.717) is 51.2 Å². The van der Waals surface area contributed by atoms with Crippen LogP contribution in [0.5, 0.6) is 0 Å². The lowest BCUT2D eigenvalue weighted by molar-refractivity contribution is 0.0985. The molecule has 0 aromatic heterocycles. The Morgan fingerprint density at radius 2 is 0.867 bits per heavy atom. The van der Waals surface area contributed by atoms with Gasteiger partial charge >= 0.3 is 0 Å². The van der Waals surface area contributed by atoms with E-state index in [4.69, 9.17) is 0 Å². The number of benzene rings is 6. The standard InChI is InChI=1S/C45H39N3O10S2/c1-5-40(49)31-7-6-8-32(24-31)45(52)47-34-15-19-37(28(4)23-34)39-20-16-35(25-42(39)60(56,57)58)48-44(51)30-12-10-29(11-13-30)43(50)46-33-14-18-36(27(3)22-33)38-17-9-26(2)21-41(38)59(53,54)55/h6-25H,5H2,1-4H3,(H,46,50)(H,47,52)(H,48,51)(H,53,54,55)(H,56,57,58)/p-2. The third-order valence-electron chi connectivity index (χ3n) is 9.64. The minimum Gasteiger partial charge on any atom is -0.744 e. The first-order valence-corrected chi connectivity index (χ1v) is 21.2. The Kier molecular flexibility index (Phi) is 12.3. The molecule has 0 aliphatic carbocycles. The molecule has 6 aromatic rings. The number of nitrogens with one attached hydrogen (secondary N) is 3. The van der Waals surface area contributed by atoms with Crippen molar-refractivity contribution in [1.29, 1.82) is 0 Å². The normalized spacial score (nSPS) is 11.4. The van der Waals surface area contributed by atoms with E-state index in [1.165, 1.54) is 48.5 Å². The summed E-state index contributed by atoms with van der Waals surface area (Å²) in [6, 6.07) is 30.0. The van der Waals surface area contributed by atoms with Crippen LogP contribution in [0, 0.1) is 20.8 Å². The highest BCUT2D eigenvalue weighted by Crippen LogP contribution is 2.35. The monoisotopic (exact) mass is 843 g/mol. The molecule has 3 N–H and O–H groups in total. The number of hydrogen-bond acceptors (Lipinski definition) is 10. The molecular weight excluding hydrogens is 807 g/mol. The van der Waals surface area contributed by atoms with Gasteiger partial charge in [-0.15, -0.1) is 0 Å². The summed E-state index contributed by atoms with van der Waals surface area (Å²) in [5, 5.41) is 8.10. The van der Waals surface area contributed by atoms with Crippen molar-refractivity contribution in [3.05, 3.63) is 160 Å². The molecule has 6 aromatic carbocycles. The second kappa shape index (κ2) is 17.2. The first-order valence-electron chi connectivity index (χ1n) is 18.4. The Morgan fingerprint density at radius 3 is 1.32 bits per heavy atom. The van der Waals surface area contributed by atoms with Gasteiger partial charge in [-0.1, -0.05) is 49.4 Å². The second-order valence-electron chi connectivity index (χ2n) is 14.0. The Balaban J connectivity index is 1.14. The Hall–Kier alpha value is -6.78. The van der Waals surface area contributed by atoms with Crippen LogP contribution >= 0.6 is 0 Å². The molecule has 306 valence electrons. The number of carbonyl (C=O) groups excluding carboxylic acids is 4. The molecule has 0 unspecified atom stereocenters. The predicted molar refractivity (Wildman–Crippen MR) is 225 cm³/mol. The molecular formula is C45H37N3O10S2-2. The van der Waals surface area contributed by atoms with Crippen LogP contribution in [0.2, 0.25) is 0 Å². The van der Waals surface area contributed by atoms with Crippen LogP contribution < -0.4 is 16.0 Å². The molecule has 60 heavy (non-hydrogen) atoms. The predicted octanol–water partition coefficient (Wildman–Crippen LogP) is 8.10. The van der Waals surface area contributed by atoms with E-state index < -0.39 is 42.9 Å². The zero-order chi connectivity index (χ0) is 43.5. The van der Waals surface area contributed by atoms with Crippen molar-refractivity contribution in [2.45, 2.75) is 43.9 Å². The summed E-state index contributed by atoms with van der Waals surface area (Å²) in [5.74, 6) is -1.71. The lowest BCUT2D eigenvalue weighted by Crippen LogP contribution is -2.15. The molecule has 0 spiro atoms. The number of Topliss-reactive ketones (excluding diaryl/α,β-unsaturated/α-hetero) is 1. The SMILES string of the molecule is CCC(=O)c1cccc(C(=O)Nc2ccc(-c3ccc(NC(=O)c4ccc(C(=O)Nc5ccc(-c6ccc(C)cc6S(=O)(=O)[O-])c(C)c5)cc4)cc3S(=O)(=O)[O-])c(C)c2)c1. The van der Waals surface area contributed by atoms with E-state index in [-0.39, 0.29) is 44.2 Å². The number of ketones is 1. The van der Waals surface area contributed by atoms with Crippen LogP contribution in [0.1, 0.15) is 71.5 Å². The summed E-state index contributed by atoms with van der Waals surface area (Å²) in [7, 11) is -9.80. The van der Waals surface area contributed by atoms with Crippen molar-refractivity contribution in [1.82, 2.24) is 0 Å². The van der Waals surface area contributed by atoms with Crippen LogP contribution in [-0.2, 0) is 20.2 Å². The first kappa shape index (κ1) is 42.8. The number of carbonyl (C=O) groups is 4. The molecule has 0 atom stereocenters. The average Bonchev–Trinajstić information content (AvgIpc) is 3.20. The molecule has 0 heterocycles. The summed E-state index contributed by atoms with van der Waals surface area (Å²) in [5.41, 5.74) is 4.83. The number of hydrogen-bond donors (Lipinski definition) is 3. The van der Waals surface area contributed by atoms with Gasteiger partial charge in [0.15, 0.2) is 5.78 Å². The van der Waals surface area contributed by atoms with E-state index in [2.05, 4.69) is 16.0 Å². The highest BCUT2D eigenvalue weighted by atomic mass is 32.2. The summed E-state index contributed by atoms with van der Waals surface area (Å²) < 4.78 is 73.3. The zero-order valence-electron chi connectivity index (χ0n) is 32.7. The molecule has 15 heteroatoms. The first-order chi connectivity index (χ1) is 28.3. The highest BCUT2D eigenvalue weighted by molar-refractivity contribution is 7.86. The fraction of sp³-hybridized carbons (Fsp3) is 0.111. The zero-order valence-corrected chi connectivity index (χ0v) is 34.3. The number of aryl methyl sites for hydroxylation is 3. The van der Waals surface area contributed by atoms with Crippen molar-refractivity contribution in [2.75, 3.05) is 16.0 Å². The minimum atomic E-state index is -5.05. The van der Waals surface area contributed by atoms with Gasteiger partial charge in [-0.25, -0.2) is 16.8 Å². The number of rotatable bonds is 12. The summed E-state index contributed by atoms with van der Waals surface area (Å²) in [6.07, 6.45) is 0.292. The lowest BCUT2D eigenvalue weighted by Gasteiger charge is -2.17. The quantitative estimate of drug-likeness (QED) is 0.0794. The average molecular weight is 844 g/mol. The highest BCUT2D eigenvalue weighted by Gasteiger charge is 2.18. The number of anilines is 3. The van der Waals surface area contributed by atoms with Gasteiger partial charge in [-0.05, 0) is 139 Å². The van der Waals surface area contributed by atoms with E-state index in [0.717, 1.165) is 6.07 Å². The van der Waals surface area contributed by atoms with Gasteiger partial charge in [0.25, 0.3) is 17.7 Å². The maximum atomic E-state index is 13.2. The van der Waals surface area contributed by atoms with Crippen molar-refractivity contribution in [2.24, 2.45) is 0 Å². The molecule has 0 aliphatic heterocycles. The largest absolute Gasteiger partial charge is 0.744 e. The van der Waals surface area contributed by atoms with Crippen molar-refractivity contribution < 1.29 is 45.1 Å². The summed E-state index contributed by atoms with van der Waals surface area (Å²) in [4.78, 5) is 50.4. The van der Waals surface area contributed by atoms with E-state index in [1.54, 1.807) is 94.4 Å². The molecule has 0 saturated heterocycles. The van der Waals surface area contributed by atoms with Gasteiger partial charge < -0.3 is 25.1 Å². The van der Waals surface area contributed by atoms with Crippen molar-refractivity contribution in [3.8, 4) is 22.3 Å². The van der Waals surface area contributed by atoms with Gasteiger partial charge in [-0.3, -0.25) is 19.2 Å². The molecule has 6 rings (SSSR count). The fourth-order valence-electron chi connectivity index (χ4n) is 6.60. The molecule has 13 nitrogen and oxygen atoms in total. The van der Waals surface area contributed by atoms with Crippen LogP contribution in [0.4, 0.5) is 17.1 Å². The smallest absolute Gasteiger partial charge is 0.255 e. The lowest BCUT2D eigenvalue weighted by atomic mass is 9.99. The van der Waals surface area contributed by atoms with Crippen LogP contribution in [-0.4, -0.2) is 49.4 Å².